The number of methoxy groups -OCH3 is 1. The Morgan fingerprint density at radius 2 is 1.38 bits per heavy atom. The van der Waals surface area contributed by atoms with Gasteiger partial charge >= 0.3 is 0 Å². The Balaban J connectivity index is 1.87. The van der Waals surface area contributed by atoms with Gasteiger partial charge in [0, 0.05) is 26.2 Å². The van der Waals surface area contributed by atoms with E-state index in [-0.39, 0.29) is 0 Å². The maximum absolute atomic E-state index is 5.76. The standard InChI is InChI=1S/C26H32N2O/c1-19-12-20(2)26(21(3)13-19)18-28(16-23-10-8-22(15-27)9-11-23)17-24-6-5-7-25(14-24)29-4/h5-14H,15-18,27H2,1-4H3. The number of rotatable bonds is 8. The van der Waals surface area contributed by atoms with E-state index in [1.165, 1.54) is 38.9 Å². The van der Waals surface area contributed by atoms with Gasteiger partial charge in [0.2, 0.25) is 0 Å². The zero-order valence-corrected chi connectivity index (χ0v) is 18.0. The minimum atomic E-state index is 0.579. The van der Waals surface area contributed by atoms with Gasteiger partial charge in [-0.25, -0.2) is 0 Å². The van der Waals surface area contributed by atoms with E-state index < -0.39 is 0 Å². The first-order valence-corrected chi connectivity index (χ1v) is 10.2. The van der Waals surface area contributed by atoms with Crippen molar-refractivity contribution in [3.8, 4) is 5.75 Å². The second-order valence-electron chi connectivity index (χ2n) is 7.89. The van der Waals surface area contributed by atoms with E-state index in [4.69, 9.17) is 10.5 Å². The molecule has 3 nitrogen and oxygen atoms in total. The van der Waals surface area contributed by atoms with E-state index in [1.54, 1.807) is 7.11 Å². The SMILES string of the molecule is COc1cccc(CN(Cc2ccc(CN)cc2)Cc2c(C)cc(C)cc2C)c1. The van der Waals surface area contributed by atoms with Gasteiger partial charge in [-0.15, -0.1) is 0 Å². The van der Waals surface area contributed by atoms with E-state index in [2.05, 4.69) is 80.3 Å². The monoisotopic (exact) mass is 388 g/mol. The van der Waals surface area contributed by atoms with Gasteiger partial charge in [-0.05, 0) is 66.3 Å². The fourth-order valence-electron chi connectivity index (χ4n) is 3.92. The number of hydrogen-bond donors (Lipinski definition) is 1. The Morgan fingerprint density at radius 1 is 0.759 bits per heavy atom. The second kappa shape index (κ2) is 9.73. The zero-order chi connectivity index (χ0) is 20.8. The average molecular weight is 389 g/mol. The number of aryl methyl sites for hydroxylation is 3. The third kappa shape index (κ3) is 5.69. The minimum Gasteiger partial charge on any atom is -0.497 e. The van der Waals surface area contributed by atoms with Gasteiger partial charge in [0.15, 0.2) is 0 Å². The first-order valence-electron chi connectivity index (χ1n) is 10.2. The van der Waals surface area contributed by atoms with Crippen LogP contribution >= 0.6 is 0 Å². The molecule has 0 unspecified atom stereocenters. The molecule has 0 spiro atoms. The lowest BCUT2D eigenvalue weighted by atomic mass is 9.99. The summed E-state index contributed by atoms with van der Waals surface area (Å²) in [5.41, 5.74) is 14.9. The van der Waals surface area contributed by atoms with E-state index in [0.717, 1.165) is 25.4 Å². The molecule has 0 amide bonds. The molecule has 0 saturated carbocycles. The summed E-state index contributed by atoms with van der Waals surface area (Å²) >= 11 is 0. The molecular weight excluding hydrogens is 356 g/mol. The van der Waals surface area contributed by atoms with Crippen molar-refractivity contribution in [1.29, 1.82) is 0 Å². The summed E-state index contributed by atoms with van der Waals surface area (Å²) in [6, 6.07) is 21.5. The summed E-state index contributed by atoms with van der Waals surface area (Å²) < 4.78 is 5.42. The Kier molecular flexibility index (Phi) is 7.08. The topological polar surface area (TPSA) is 38.5 Å². The second-order valence-corrected chi connectivity index (χ2v) is 7.89. The van der Waals surface area contributed by atoms with Gasteiger partial charge in [0.1, 0.15) is 5.75 Å². The molecule has 152 valence electrons. The normalized spacial score (nSPS) is 11.1. The van der Waals surface area contributed by atoms with Crippen molar-refractivity contribution < 1.29 is 4.74 Å². The molecule has 29 heavy (non-hydrogen) atoms. The highest BCUT2D eigenvalue weighted by atomic mass is 16.5. The molecule has 0 radical (unpaired) electrons. The molecule has 0 aliphatic carbocycles. The molecule has 2 N–H and O–H groups in total. The lowest BCUT2D eigenvalue weighted by molar-refractivity contribution is 0.246. The molecule has 0 aliphatic rings. The van der Waals surface area contributed by atoms with Crippen molar-refractivity contribution in [2.75, 3.05) is 7.11 Å². The van der Waals surface area contributed by atoms with Crippen molar-refractivity contribution in [2.45, 2.75) is 47.0 Å². The van der Waals surface area contributed by atoms with Gasteiger partial charge in [-0.1, -0.05) is 54.1 Å². The highest BCUT2D eigenvalue weighted by Gasteiger charge is 2.13. The van der Waals surface area contributed by atoms with Crippen molar-refractivity contribution in [3.63, 3.8) is 0 Å². The summed E-state index contributed by atoms with van der Waals surface area (Å²) in [4.78, 5) is 2.50. The molecular formula is C26H32N2O. The highest BCUT2D eigenvalue weighted by Crippen LogP contribution is 2.22. The van der Waals surface area contributed by atoms with Crippen LogP contribution in [0.5, 0.6) is 5.75 Å². The van der Waals surface area contributed by atoms with Crippen molar-refractivity contribution in [3.05, 3.63) is 99.6 Å². The summed E-state index contributed by atoms with van der Waals surface area (Å²) in [7, 11) is 1.72. The lowest BCUT2D eigenvalue weighted by Gasteiger charge is -2.25. The van der Waals surface area contributed by atoms with Crippen molar-refractivity contribution >= 4 is 0 Å². The molecule has 3 aromatic rings. The maximum Gasteiger partial charge on any atom is 0.119 e. The molecule has 0 bridgehead atoms. The Hall–Kier alpha value is -2.62. The van der Waals surface area contributed by atoms with Crippen LogP contribution < -0.4 is 10.5 Å². The number of benzene rings is 3. The molecule has 3 heteroatoms. The van der Waals surface area contributed by atoms with E-state index in [1.807, 2.05) is 6.07 Å². The lowest BCUT2D eigenvalue weighted by Crippen LogP contribution is -2.23. The van der Waals surface area contributed by atoms with Crippen molar-refractivity contribution in [1.82, 2.24) is 4.90 Å². The van der Waals surface area contributed by atoms with Crippen LogP contribution in [0.25, 0.3) is 0 Å². The van der Waals surface area contributed by atoms with Crippen LogP contribution in [0.3, 0.4) is 0 Å². The fraction of sp³-hybridized carbons (Fsp3) is 0.308. The molecule has 0 aliphatic heterocycles. The highest BCUT2D eigenvalue weighted by molar-refractivity contribution is 5.37. The molecule has 0 saturated heterocycles. The Morgan fingerprint density at radius 3 is 2.00 bits per heavy atom. The quantitative estimate of drug-likeness (QED) is 0.570. The summed E-state index contributed by atoms with van der Waals surface area (Å²) in [6.45, 7) is 9.84. The van der Waals surface area contributed by atoms with E-state index in [9.17, 15) is 0 Å². The van der Waals surface area contributed by atoms with E-state index >= 15 is 0 Å². The molecule has 0 aromatic heterocycles. The zero-order valence-electron chi connectivity index (χ0n) is 18.0. The van der Waals surface area contributed by atoms with Crippen LogP contribution in [0, 0.1) is 20.8 Å². The minimum absolute atomic E-state index is 0.579. The Labute approximate surface area is 175 Å². The molecule has 0 atom stereocenters. The predicted octanol–water partition coefficient (Wildman–Crippen LogP) is 5.28. The van der Waals surface area contributed by atoms with Gasteiger partial charge in [0.05, 0.1) is 7.11 Å². The molecule has 0 heterocycles. The summed E-state index contributed by atoms with van der Waals surface area (Å²) in [6.07, 6.45) is 0. The number of ether oxygens (including phenoxy) is 1. The van der Waals surface area contributed by atoms with Crippen LogP contribution in [0.15, 0.2) is 60.7 Å². The first kappa shape index (κ1) is 21.1. The maximum atomic E-state index is 5.76. The third-order valence-corrected chi connectivity index (χ3v) is 5.43. The van der Waals surface area contributed by atoms with Gasteiger partial charge < -0.3 is 10.5 Å². The van der Waals surface area contributed by atoms with Crippen molar-refractivity contribution in [2.24, 2.45) is 5.73 Å². The number of nitrogens with zero attached hydrogens (tertiary/aromatic N) is 1. The van der Waals surface area contributed by atoms with Crippen LogP contribution in [0.4, 0.5) is 0 Å². The third-order valence-electron chi connectivity index (χ3n) is 5.43. The Bertz CT molecular complexity index is 924. The largest absolute Gasteiger partial charge is 0.497 e. The average Bonchev–Trinajstić information content (AvgIpc) is 2.71. The fourth-order valence-corrected chi connectivity index (χ4v) is 3.92. The molecule has 3 aromatic carbocycles. The van der Waals surface area contributed by atoms with Crippen LogP contribution in [0.1, 0.15) is 38.9 Å². The van der Waals surface area contributed by atoms with Crippen LogP contribution in [-0.4, -0.2) is 12.0 Å². The predicted molar refractivity (Wildman–Crippen MR) is 121 cm³/mol. The van der Waals surface area contributed by atoms with Gasteiger partial charge in [-0.2, -0.15) is 0 Å². The molecule has 0 fully saturated rings. The number of nitrogens with two attached hydrogens (primary N) is 1. The van der Waals surface area contributed by atoms with Gasteiger partial charge in [0.25, 0.3) is 0 Å². The van der Waals surface area contributed by atoms with Gasteiger partial charge in [-0.3, -0.25) is 4.90 Å². The summed E-state index contributed by atoms with van der Waals surface area (Å²) in [5.74, 6) is 0.900. The summed E-state index contributed by atoms with van der Waals surface area (Å²) in [5, 5.41) is 0. The first-order chi connectivity index (χ1) is 14.0. The van der Waals surface area contributed by atoms with Crippen LogP contribution in [0.2, 0.25) is 0 Å². The smallest absolute Gasteiger partial charge is 0.119 e. The number of hydrogen-bond acceptors (Lipinski definition) is 3. The molecule has 3 rings (SSSR count). The van der Waals surface area contributed by atoms with E-state index in [0.29, 0.717) is 6.54 Å². The van der Waals surface area contributed by atoms with Crippen LogP contribution in [-0.2, 0) is 26.2 Å².